The highest BCUT2D eigenvalue weighted by Crippen LogP contribution is 2.30. The highest BCUT2D eigenvalue weighted by Gasteiger charge is 2.20. The molecule has 0 radical (unpaired) electrons. The van der Waals surface area contributed by atoms with Crippen molar-refractivity contribution in [1.82, 2.24) is 25.5 Å². The Kier molecular flexibility index (Phi) is 3.95. The third kappa shape index (κ3) is 3.47. The summed E-state index contributed by atoms with van der Waals surface area (Å²) in [6.07, 6.45) is 1.61. The molecule has 8 heteroatoms. The first-order valence-corrected chi connectivity index (χ1v) is 6.67. The Labute approximate surface area is 121 Å². The zero-order valence-corrected chi connectivity index (χ0v) is 11.3. The van der Waals surface area contributed by atoms with E-state index in [1.54, 1.807) is 0 Å². The maximum absolute atomic E-state index is 11.7. The van der Waals surface area contributed by atoms with Crippen LogP contribution >= 0.6 is 0 Å². The second-order valence-electron chi connectivity index (χ2n) is 4.62. The smallest absolute Gasteiger partial charge is 0.221 e. The van der Waals surface area contributed by atoms with Gasteiger partial charge in [-0.05, 0) is 22.6 Å². The van der Waals surface area contributed by atoms with Crippen molar-refractivity contribution in [2.24, 2.45) is 0 Å². The number of tetrazole rings is 1. The van der Waals surface area contributed by atoms with Crippen molar-refractivity contribution in [3.63, 3.8) is 0 Å². The molecule has 1 aliphatic rings. The van der Waals surface area contributed by atoms with Gasteiger partial charge in [0, 0.05) is 6.42 Å². The molecule has 1 amide bonds. The second kappa shape index (κ2) is 6.21. The van der Waals surface area contributed by atoms with Crippen molar-refractivity contribution in [1.29, 1.82) is 0 Å². The number of aryl methyl sites for hydroxylation is 1. The normalized spacial score (nSPS) is 16.5. The monoisotopic (exact) mass is 289 g/mol. The lowest BCUT2D eigenvalue weighted by atomic mass is 10.2. The Hall–Kier alpha value is -2.64. The third-order valence-electron chi connectivity index (χ3n) is 3.05. The number of para-hydroxylation sites is 2. The summed E-state index contributed by atoms with van der Waals surface area (Å²) in [6, 6.07) is 7.48. The van der Waals surface area contributed by atoms with Gasteiger partial charge >= 0.3 is 0 Å². The number of carbonyl (C=O) groups is 1. The lowest BCUT2D eigenvalue weighted by Crippen LogP contribution is -2.40. The molecule has 0 spiro atoms. The van der Waals surface area contributed by atoms with Crippen LogP contribution in [-0.2, 0) is 11.3 Å². The van der Waals surface area contributed by atoms with Gasteiger partial charge in [0.05, 0.1) is 13.1 Å². The van der Waals surface area contributed by atoms with Crippen molar-refractivity contribution >= 4 is 5.91 Å². The highest BCUT2D eigenvalue weighted by molar-refractivity contribution is 5.75. The molecule has 0 aliphatic carbocycles. The van der Waals surface area contributed by atoms with Crippen LogP contribution in [0.15, 0.2) is 30.6 Å². The standard InChI is InChI=1S/C13H15N5O3/c19-13(5-6-18-9-15-16-17-18)14-7-10-8-20-11-3-1-2-4-12(11)21-10/h1-4,9-10H,5-8H2,(H,14,19). The molecular weight excluding hydrogens is 274 g/mol. The van der Waals surface area contributed by atoms with Crippen LogP contribution in [0.5, 0.6) is 11.5 Å². The molecule has 0 saturated heterocycles. The lowest BCUT2D eigenvalue weighted by Gasteiger charge is -2.26. The number of ether oxygens (including phenoxy) is 2. The fourth-order valence-corrected chi connectivity index (χ4v) is 1.98. The van der Waals surface area contributed by atoms with Crippen molar-refractivity contribution in [2.45, 2.75) is 19.1 Å². The molecule has 8 nitrogen and oxygen atoms in total. The first kappa shape index (κ1) is 13.3. The van der Waals surface area contributed by atoms with Gasteiger partial charge in [-0.15, -0.1) is 5.10 Å². The molecule has 0 saturated carbocycles. The van der Waals surface area contributed by atoms with Crippen LogP contribution in [0.2, 0.25) is 0 Å². The van der Waals surface area contributed by atoms with E-state index >= 15 is 0 Å². The molecule has 2 aromatic rings. The van der Waals surface area contributed by atoms with Crippen LogP contribution in [0.3, 0.4) is 0 Å². The molecule has 2 heterocycles. The van der Waals surface area contributed by atoms with Gasteiger partial charge in [0.15, 0.2) is 11.5 Å². The summed E-state index contributed by atoms with van der Waals surface area (Å²) in [5, 5.41) is 13.5. The Balaban J connectivity index is 1.42. The van der Waals surface area contributed by atoms with Crippen LogP contribution in [-0.4, -0.2) is 45.4 Å². The number of nitrogens with zero attached hydrogens (tertiary/aromatic N) is 4. The van der Waals surface area contributed by atoms with Crippen LogP contribution in [0, 0.1) is 0 Å². The number of nitrogens with one attached hydrogen (secondary N) is 1. The van der Waals surface area contributed by atoms with Gasteiger partial charge in [0.25, 0.3) is 0 Å². The molecule has 1 atom stereocenters. The van der Waals surface area contributed by atoms with Crippen LogP contribution in [0.25, 0.3) is 0 Å². The van der Waals surface area contributed by atoms with E-state index in [0.717, 1.165) is 5.75 Å². The van der Waals surface area contributed by atoms with Crippen LogP contribution in [0.4, 0.5) is 0 Å². The molecule has 1 N–H and O–H groups in total. The maximum Gasteiger partial charge on any atom is 0.221 e. The molecule has 3 rings (SSSR count). The molecular formula is C13H15N5O3. The molecule has 0 bridgehead atoms. The minimum absolute atomic E-state index is 0.0760. The molecule has 0 fully saturated rings. The van der Waals surface area contributed by atoms with E-state index in [4.69, 9.17) is 9.47 Å². The number of hydrogen-bond donors (Lipinski definition) is 1. The van der Waals surface area contributed by atoms with Gasteiger partial charge in [0.1, 0.15) is 19.0 Å². The highest BCUT2D eigenvalue weighted by atomic mass is 16.6. The van der Waals surface area contributed by atoms with Crippen molar-refractivity contribution < 1.29 is 14.3 Å². The first-order chi connectivity index (χ1) is 10.3. The van der Waals surface area contributed by atoms with Crippen LogP contribution < -0.4 is 14.8 Å². The molecule has 110 valence electrons. The fourth-order valence-electron chi connectivity index (χ4n) is 1.98. The Morgan fingerprint density at radius 1 is 1.38 bits per heavy atom. The van der Waals surface area contributed by atoms with Gasteiger partial charge in [-0.25, -0.2) is 4.68 Å². The second-order valence-corrected chi connectivity index (χ2v) is 4.62. The Morgan fingerprint density at radius 2 is 2.24 bits per heavy atom. The molecule has 1 unspecified atom stereocenters. The minimum atomic E-state index is -0.183. The van der Waals surface area contributed by atoms with Crippen molar-refractivity contribution in [3.05, 3.63) is 30.6 Å². The van der Waals surface area contributed by atoms with E-state index in [1.165, 1.54) is 11.0 Å². The Bertz CT molecular complexity index is 602. The largest absolute Gasteiger partial charge is 0.486 e. The number of benzene rings is 1. The number of carbonyl (C=O) groups excluding carboxylic acids is 1. The van der Waals surface area contributed by atoms with Crippen LogP contribution in [0.1, 0.15) is 6.42 Å². The van der Waals surface area contributed by atoms with Gasteiger partial charge in [-0.3, -0.25) is 4.79 Å². The van der Waals surface area contributed by atoms with E-state index in [-0.39, 0.29) is 12.0 Å². The number of amides is 1. The van der Waals surface area contributed by atoms with E-state index in [0.29, 0.717) is 31.9 Å². The molecule has 21 heavy (non-hydrogen) atoms. The van der Waals surface area contributed by atoms with E-state index in [2.05, 4.69) is 20.8 Å². The lowest BCUT2D eigenvalue weighted by molar-refractivity contribution is -0.121. The minimum Gasteiger partial charge on any atom is -0.486 e. The zero-order valence-electron chi connectivity index (χ0n) is 11.3. The molecule has 1 aromatic heterocycles. The number of rotatable bonds is 5. The maximum atomic E-state index is 11.7. The summed E-state index contributed by atoms with van der Waals surface area (Å²) in [7, 11) is 0. The predicted octanol–water partition coefficient (Wildman–Crippen LogP) is 0.0194. The summed E-state index contributed by atoms with van der Waals surface area (Å²) in [5.74, 6) is 1.36. The fraction of sp³-hybridized carbons (Fsp3) is 0.385. The zero-order chi connectivity index (χ0) is 14.5. The average molecular weight is 289 g/mol. The topological polar surface area (TPSA) is 91.2 Å². The Morgan fingerprint density at radius 3 is 3.05 bits per heavy atom. The number of aromatic nitrogens is 4. The summed E-state index contributed by atoms with van der Waals surface area (Å²) < 4.78 is 12.8. The molecule has 1 aromatic carbocycles. The predicted molar refractivity (Wildman–Crippen MR) is 71.8 cm³/mol. The third-order valence-corrected chi connectivity index (χ3v) is 3.05. The SMILES string of the molecule is O=C(CCn1cnnn1)NCC1COc2ccccc2O1. The number of fused-ring (bicyclic) bond motifs is 1. The summed E-state index contributed by atoms with van der Waals surface area (Å²) in [5.41, 5.74) is 0. The quantitative estimate of drug-likeness (QED) is 0.834. The van der Waals surface area contributed by atoms with Gasteiger partial charge in [-0.1, -0.05) is 12.1 Å². The average Bonchev–Trinajstić information content (AvgIpc) is 3.04. The summed E-state index contributed by atoms with van der Waals surface area (Å²) in [6.45, 7) is 1.27. The summed E-state index contributed by atoms with van der Waals surface area (Å²) >= 11 is 0. The number of hydrogen-bond acceptors (Lipinski definition) is 6. The van der Waals surface area contributed by atoms with Gasteiger partial charge in [-0.2, -0.15) is 0 Å². The van der Waals surface area contributed by atoms with E-state index < -0.39 is 0 Å². The van der Waals surface area contributed by atoms with Gasteiger partial charge in [0.2, 0.25) is 5.91 Å². The molecule has 1 aliphatic heterocycles. The van der Waals surface area contributed by atoms with E-state index in [9.17, 15) is 4.79 Å². The van der Waals surface area contributed by atoms with Crippen molar-refractivity contribution in [3.8, 4) is 11.5 Å². The van der Waals surface area contributed by atoms with Gasteiger partial charge < -0.3 is 14.8 Å². The summed E-state index contributed by atoms with van der Waals surface area (Å²) in [4.78, 5) is 11.7. The van der Waals surface area contributed by atoms with Crippen molar-refractivity contribution in [2.75, 3.05) is 13.2 Å². The first-order valence-electron chi connectivity index (χ1n) is 6.67. The van der Waals surface area contributed by atoms with E-state index in [1.807, 2.05) is 24.3 Å².